The molecule has 5 nitrogen and oxygen atoms in total. The summed E-state index contributed by atoms with van der Waals surface area (Å²) < 4.78 is 25.8. The fourth-order valence-electron chi connectivity index (χ4n) is 3.36. The molecule has 0 aromatic heterocycles. The number of nitrogens with zero attached hydrogens (tertiary/aromatic N) is 2. The van der Waals surface area contributed by atoms with Crippen LogP contribution in [-0.4, -0.2) is 39.5 Å². The topological polar surface area (TPSA) is 65.6 Å². The Kier molecular flexibility index (Phi) is 6.18. The SMILES string of the molecule is Cc1ccc(S(=O)(=O)/C(C#N)=C/N2CC[NH+](Cc3ccccc3)CC2)cc1C. The van der Waals surface area contributed by atoms with Crippen LogP contribution >= 0.6 is 0 Å². The number of nitriles is 1. The van der Waals surface area contributed by atoms with E-state index in [1.165, 1.54) is 16.7 Å². The zero-order valence-electron chi connectivity index (χ0n) is 16.4. The van der Waals surface area contributed by atoms with Crippen molar-refractivity contribution in [2.45, 2.75) is 25.3 Å². The average Bonchev–Trinajstić information content (AvgIpc) is 2.70. The molecule has 1 aliphatic heterocycles. The first-order valence-corrected chi connectivity index (χ1v) is 10.9. The van der Waals surface area contributed by atoms with Crippen LogP contribution in [0, 0.1) is 25.2 Å². The van der Waals surface area contributed by atoms with Crippen LogP contribution in [-0.2, 0) is 16.4 Å². The predicted molar refractivity (Wildman–Crippen MR) is 109 cm³/mol. The first-order valence-electron chi connectivity index (χ1n) is 9.46. The predicted octanol–water partition coefficient (Wildman–Crippen LogP) is 1.84. The van der Waals surface area contributed by atoms with E-state index in [1.807, 2.05) is 43.0 Å². The summed E-state index contributed by atoms with van der Waals surface area (Å²) in [5.41, 5.74) is 3.23. The van der Waals surface area contributed by atoms with Crippen LogP contribution in [0.25, 0.3) is 0 Å². The van der Waals surface area contributed by atoms with Crippen LogP contribution in [0.3, 0.4) is 0 Å². The van der Waals surface area contributed by atoms with Gasteiger partial charge in [0.2, 0.25) is 9.84 Å². The number of piperazine rings is 1. The molecule has 2 aromatic rings. The smallest absolute Gasteiger partial charge is 0.218 e. The molecule has 2 aromatic carbocycles. The third-order valence-corrected chi connectivity index (χ3v) is 6.94. The number of rotatable bonds is 5. The van der Waals surface area contributed by atoms with Crippen molar-refractivity contribution in [3.63, 3.8) is 0 Å². The highest BCUT2D eigenvalue weighted by Gasteiger charge is 2.24. The van der Waals surface area contributed by atoms with Crippen LogP contribution < -0.4 is 4.90 Å². The van der Waals surface area contributed by atoms with Crippen molar-refractivity contribution in [3.05, 3.63) is 76.3 Å². The maximum atomic E-state index is 12.9. The number of aryl methyl sites for hydroxylation is 2. The lowest BCUT2D eigenvalue weighted by Gasteiger charge is -2.31. The van der Waals surface area contributed by atoms with Gasteiger partial charge >= 0.3 is 0 Å². The van der Waals surface area contributed by atoms with E-state index >= 15 is 0 Å². The van der Waals surface area contributed by atoms with E-state index in [0.717, 1.165) is 43.9 Å². The summed E-state index contributed by atoms with van der Waals surface area (Å²) in [7, 11) is -3.80. The van der Waals surface area contributed by atoms with E-state index in [2.05, 4.69) is 12.1 Å². The summed E-state index contributed by atoms with van der Waals surface area (Å²) >= 11 is 0. The fraction of sp³-hybridized carbons (Fsp3) is 0.318. The van der Waals surface area contributed by atoms with Gasteiger partial charge < -0.3 is 9.80 Å². The van der Waals surface area contributed by atoms with Crippen LogP contribution in [0.1, 0.15) is 16.7 Å². The summed E-state index contributed by atoms with van der Waals surface area (Å²) in [6, 6.07) is 17.3. The van der Waals surface area contributed by atoms with Gasteiger partial charge in [0.1, 0.15) is 12.6 Å². The monoisotopic (exact) mass is 396 g/mol. The van der Waals surface area contributed by atoms with Gasteiger partial charge in [-0.1, -0.05) is 36.4 Å². The first kappa shape index (κ1) is 20.1. The zero-order valence-corrected chi connectivity index (χ0v) is 17.2. The molecule has 1 saturated heterocycles. The molecule has 146 valence electrons. The largest absolute Gasteiger partial charge is 0.364 e. The highest BCUT2D eigenvalue weighted by atomic mass is 32.2. The molecule has 0 amide bonds. The fourth-order valence-corrected chi connectivity index (χ4v) is 4.60. The van der Waals surface area contributed by atoms with E-state index in [-0.39, 0.29) is 9.80 Å². The Bertz CT molecular complexity index is 1000. The molecule has 1 aliphatic rings. The van der Waals surface area contributed by atoms with Crippen molar-refractivity contribution >= 4 is 9.84 Å². The molecular weight excluding hydrogens is 370 g/mol. The lowest BCUT2D eigenvalue weighted by atomic mass is 10.1. The molecule has 3 rings (SSSR count). The third kappa shape index (κ3) is 4.61. The zero-order chi connectivity index (χ0) is 20.1. The second-order valence-corrected chi connectivity index (χ2v) is 9.22. The van der Waals surface area contributed by atoms with Gasteiger partial charge in [-0.25, -0.2) is 8.42 Å². The number of sulfone groups is 1. The lowest BCUT2D eigenvalue weighted by Crippen LogP contribution is -3.13. The molecule has 6 heteroatoms. The van der Waals surface area contributed by atoms with E-state index in [4.69, 9.17) is 0 Å². The van der Waals surface area contributed by atoms with Crippen molar-refractivity contribution in [1.29, 1.82) is 5.26 Å². The van der Waals surface area contributed by atoms with Crippen LogP contribution in [0.4, 0.5) is 0 Å². The highest BCUT2D eigenvalue weighted by molar-refractivity contribution is 7.95. The number of hydrogen-bond donors (Lipinski definition) is 1. The minimum Gasteiger partial charge on any atom is -0.364 e. The third-order valence-electron chi connectivity index (χ3n) is 5.29. The van der Waals surface area contributed by atoms with Crippen LogP contribution in [0.5, 0.6) is 0 Å². The van der Waals surface area contributed by atoms with Gasteiger partial charge in [-0.2, -0.15) is 5.26 Å². The van der Waals surface area contributed by atoms with Crippen molar-refractivity contribution in [3.8, 4) is 6.07 Å². The van der Waals surface area contributed by atoms with Crippen LogP contribution in [0.2, 0.25) is 0 Å². The van der Waals surface area contributed by atoms with Gasteiger partial charge in [0.05, 0.1) is 31.1 Å². The molecule has 1 N–H and O–H groups in total. The second kappa shape index (κ2) is 8.59. The Morgan fingerprint density at radius 2 is 1.79 bits per heavy atom. The van der Waals surface area contributed by atoms with E-state index in [1.54, 1.807) is 18.2 Å². The van der Waals surface area contributed by atoms with Crippen LogP contribution in [0.15, 0.2) is 64.5 Å². The van der Waals surface area contributed by atoms with Crippen molar-refractivity contribution < 1.29 is 13.3 Å². The highest BCUT2D eigenvalue weighted by Crippen LogP contribution is 2.22. The standard InChI is InChI=1S/C22H25N3O2S/c1-18-8-9-21(14-19(18)2)28(26,27)22(15-23)17-25-12-10-24(11-13-25)16-20-6-4-3-5-7-20/h3-9,14,17H,10-13,16H2,1-2H3/p+1/b22-17+. The van der Waals surface area contributed by atoms with Crippen molar-refractivity contribution in [1.82, 2.24) is 4.90 Å². The summed E-state index contributed by atoms with van der Waals surface area (Å²) in [6.45, 7) is 8.06. The summed E-state index contributed by atoms with van der Waals surface area (Å²) in [6.07, 6.45) is 1.52. The van der Waals surface area contributed by atoms with E-state index in [9.17, 15) is 13.7 Å². The molecular formula is C22H26N3O2S+. The van der Waals surface area contributed by atoms with Gasteiger partial charge in [-0.05, 0) is 37.1 Å². The maximum Gasteiger partial charge on any atom is 0.218 e. The van der Waals surface area contributed by atoms with Gasteiger partial charge in [0.15, 0.2) is 4.91 Å². The Hall–Kier alpha value is -2.62. The molecule has 28 heavy (non-hydrogen) atoms. The summed E-state index contributed by atoms with van der Waals surface area (Å²) in [4.78, 5) is 3.40. The molecule has 0 saturated carbocycles. The van der Waals surface area contributed by atoms with Gasteiger partial charge in [-0.3, -0.25) is 0 Å². The molecule has 0 atom stereocenters. The molecule has 1 fully saturated rings. The maximum absolute atomic E-state index is 12.9. The average molecular weight is 397 g/mol. The van der Waals surface area contributed by atoms with E-state index < -0.39 is 9.84 Å². The summed E-state index contributed by atoms with van der Waals surface area (Å²) in [5, 5.41) is 9.50. The Morgan fingerprint density at radius 1 is 1.11 bits per heavy atom. The normalized spacial score (nSPS) is 16.0. The number of quaternary nitrogens is 1. The minimum atomic E-state index is -3.80. The van der Waals surface area contributed by atoms with Gasteiger partial charge in [0, 0.05) is 11.8 Å². The lowest BCUT2D eigenvalue weighted by molar-refractivity contribution is -0.917. The quantitative estimate of drug-likeness (QED) is 0.784. The van der Waals surface area contributed by atoms with E-state index in [0.29, 0.717) is 0 Å². The summed E-state index contributed by atoms with van der Waals surface area (Å²) in [5.74, 6) is 0. The first-order chi connectivity index (χ1) is 13.4. The number of hydrogen-bond acceptors (Lipinski definition) is 4. The second-order valence-electron chi connectivity index (χ2n) is 7.30. The molecule has 0 aliphatic carbocycles. The minimum absolute atomic E-state index is 0.178. The Morgan fingerprint density at radius 3 is 2.39 bits per heavy atom. The Labute approximate surface area is 167 Å². The molecule has 0 spiro atoms. The molecule has 0 radical (unpaired) electrons. The van der Waals surface area contributed by atoms with Gasteiger partial charge in [0.25, 0.3) is 0 Å². The molecule has 1 heterocycles. The molecule has 0 unspecified atom stereocenters. The Balaban J connectivity index is 1.69. The van der Waals surface area contributed by atoms with Gasteiger partial charge in [-0.15, -0.1) is 0 Å². The molecule has 0 bridgehead atoms. The number of benzene rings is 2. The number of nitrogens with one attached hydrogen (secondary N) is 1. The number of allylic oxidation sites excluding steroid dienone is 1. The van der Waals surface area contributed by atoms with Crippen molar-refractivity contribution in [2.75, 3.05) is 26.2 Å². The van der Waals surface area contributed by atoms with Crippen molar-refractivity contribution in [2.24, 2.45) is 0 Å².